The van der Waals surface area contributed by atoms with Crippen LogP contribution in [-0.2, 0) is 9.53 Å². The van der Waals surface area contributed by atoms with E-state index in [1.54, 1.807) is 7.05 Å². The van der Waals surface area contributed by atoms with Crippen molar-refractivity contribution < 1.29 is 9.53 Å². The number of morpholine rings is 1. The molecule has 1 aliphatic heterocycles. The molecule has 0 radical (unpaired) electrons. The Labute approximate surface area is 199 Å². The van der Waals surface area contributed by atoms with Crippen LogP contribution >= 0.6 is 24.0 Å². The molecule has 0 spiro atoms. The lowest BCUT2D eigenvalue weighted by Gasteiger charge is -2.48. The van der Waals surface area contributed by atoms with Gasteiger partial charge in [-0.25, -0.2) is 0 Å². The smallest absolute Gasteiger partial charge is 0.221 e. The van der Waals surface area contributed by atoms with E-state index >= 15 is 0 Å². The average molecular weight is 536 g/mol. The first kappa shape index (κ1) is 25.6. The fourth-order valence-electron chi connectivity index (χ4n) is 5.16. The summed E-state index contributed by atoms with van der Waals surface area (Å²) in [5.74, 6) is 0.950. The van der Waals surface area contributed by atoms with Gasteiger partial charge in [0.2, 0.25) is 5.91 Å². The van der Waals surface area contributed by atoms with Crippen molar-refractivity contribution in [3.63, 3.8) is 0 Å². The maximum absolute atomic E-state index is 12.2. The lowest BCUT2D eigenvalue weighted by molar-refractivity contribution is -0.121. The third kappa shape index (κ3) is 7.82. The topological polar surface area (TPSA) is 78.0 Å². The summed E-state index contributed by atoms with van der Waals surface area (Å²) in [6.07, 6.45) is 13.0. The summed E-state index contributed by atoms with van der Waals surface area (Å²) in [5, 5.41) is 10.1. The fourth-order valence-corrected chi connectivity index (χ4v) is 5.16. The molecule has 2 aliphatic carbocycles. The van der Waals surface area contributed by atoms with Crippen molar-refractivity contribution in [2.24, 2.45) is 4.99 Å². The van der Waals surface area contributed by atoms with Crippen molar-refractivity contribution in [1.82, 2.24) is 20.9 Å². The molecule has 3 N–H and O–H groups in total. The van der Waals surface area contributed by atoms with Gasteiger partial charge in [-0.2, -0.15) is 0 Å². The van der Waals surface area contributed by atoms with E-state index in [0.29, 0.717) is 19.0 Å². The minimum Gasteiger partial charge on any atom is -0.379 e. The first-order valence-corrected chi connectivity index (χ1v) is 11.8. The minimum absolute atomic E-state index is 0. The van der Waals surface area contributed by atoms with Gasteiger partial charge in [0.1, 0.15) is 0 Å². The van der Waals surface area contributed by atoms with Crippen LogP contribution in [0.25, 0.3) is 0 Å². The van der Waals surface area contributed by atoms with Crippen molar-refractivity contribution in [3.8, 4) is 0 Å². The third-order valence-electron chi connectivity index (χ3n) is 6.89. The molecule has 0 aromatic heterocycles. The molecule has 30 heavy (non-hydrogen) atoms. The molecule has 3 aliphatic rings. The molecule has 0 unspecified atom stereocenters. The number of amides is 1. The van der Waals surface area contributed by atoms with E-state index in [4.69, 9.17) is 4.74 Å². The summed E-state index contributed by atoms with van der Waals surface area (Å²) < 4.78 is 5.58. The SMILES string of the molecule is CN=C(NCCC(=O)NC1CCCCC1)NCC1(N2CCOCC2)CCCCC1.I. The maximum Gasteiger partial charge on any atom is 0.221 e. The van der Waals surface area contributed by atoms with Gasteiger partial charge in [-0.15, -0.1) is 24.0 Å². The molecular weight excluding hydrogens is 493 g/mol. The number of ether oxygens (including phenoxy) is 1. The molecule has 0 aromatic carbocycles. The Balaban J connectivity index is 0.00000320. The molecule has 2 saturated carbocycles. The molecule has 3 fully saturated rings. The van der Waals surface area contributed by atoms with Crippen molar-refractivity contribution in [2.75, 3.05) is 46.4 Å². The monoisotopic (exact) mass is 535 g/mol. The Morgan fingerprint density at radius 1 is 1.03 bits per heavy atom. The van der Waals surface area contributed by atoms with Crippen LogP contribution in [0.2, 0.25) is 0 Å². The zero-order valence-corrected chi connectivity index (χ0v) is 21.0. The maximum atomic E-state index is 12.2. The number of nitrogens with zero attached hydrogens (tertiary/aromatic N) is 2. The number of rotatable bonds is 7. The lowest BCUT2D eigenvalue weighted by atomic mass is 9.80. The standard InChI is InChI=1S/C22H41N5O2.HI/c1-23-21(24-13-10-20(28)26-19-8-4-2-5-9-19)25-18-22(11-6-3-7-12-22)27-14-16-29-17-15-27;/h19H,2-18H2,1H3,(H,26,28)(H2,23,24,25);1H. The molecule has 174 valence electrons. The summed E-state index contributed by atoms with van der Waals surface area (Å²) in [6, 6.07) is 0.383. The van der Waals surface area contributed by atoms with Gasteiger partial charge in [-0.3, -0.25) is 14.7 Å². The molecule has 7 nitrogen and oxygen atoms in total. The van der Waals surface area contributed by atoms with Gasteiger partial charge in [0.25, 0.3) is 0 Å². The van der Waals surface area contributed by atoms with E-state index < -0.39 is 0 Å². The molecule has 0 aromatic rings. The zero-order chi connectivity index (χ0) is 20.4. The summed E-state index contributed by atoms with van der Waals surface area (Å²) in [4.78, 5) is 19.2. The van der Waals surface area contributed by atoms with Gasteiger partial charge in [-0.1, -0.05) is 38.5 Å². The van der Waals surface area contributed by atoms with E-state index in [1.165, 1.54) is 51.4 Å². The van der Waals surface area contributed by atoms with Gasteiger partial charge in [0.15, 0.2) is 5.96 Å². The predicted molar refractivity (Wildman–Crippen MR) is 133 cm³/mol. The van der Waals surface area contributed by atoms with Crippen molar-refractivity contribution in [2.45, 2.75) is 82.2 Å². The average Bonchev–Trinajstić information content (AvgIpc) is 2.78. The van der Waals surface area contributed by atoms with Crippen molar-refractivity contribution in [3.05, 3.63) is 0 Å². The van der Waals surface area contributed by atoms with Crippen LogP contribution in [0.3, 0.4) is 0 Å². The summed E-state index contributed by atoms with van der Waals surface area (Å²) in [5.41, 5.74) is 0.206. The molecular formula is C22H42IN5O2. The van der Waals surface area contributed by atoms with Crippen LogP contribution in [0.15, 0.2) is 4.99 Å². The summed E-state index contributed by atoms with van der Waals surface area (Å²) >= 11 is 0. The van der Waals surface area contributed by atoms with Crippen LogP contribution in [0.4, 0.5) is 0 Å². The van der Waals surface area contributed by atoms with Gasteiger partial charge >= 0.3 is 0 Å². The summed E-state index contributed by atoms with van der Waals surface area (Å²) in [7, 11) is 1.81. The Kier molecular flexibility index (Phi) is 11.7. The number of hydrogen-bond donors (Lipinski definition) is 3. The fraction of sp³-hybridized carbons (Fsp3) is 0.909. The molecule has 1 saturated heterocycles. The van der Waals surface area contributed by atoms with E-state index in [0.717, 1.165) is 51.6 Å². The van der Waals surface area contributed by atoms with E-state index in [-0.39, 0.29) is 35.4 Å². The van der Waals surface area contributed by atoms with E-state index in [9.17, 15) is 4.79 Å². The molecule has 1 heterocycles. The molecule has 3 rings (SSSR count). The Morgan fingerprint density at radius 2 is 1.70 bits per heavy atom. The Morgan fingerprint density at radius 3 is 2.37 bits per heavy atom. The van der Waals surface area contributed by atoms with E-state index in [1.807, 2.05) is 0 Å². The van der Waals surface area contributed by atoms with Gasteiger partial charge in [0.05, 0.1) is 13.2 Å². The normalized spacial score (nSPS) is 23.3. The zero-order valence-electron chi connectivity index (χ0n) is 18.7. The number of nitrogens with one attached hydrogen (secondary N) is 3. The first-order chi connectivity index (χ1) is 14.2. The van der Waals surface area contributed by atoms with Crippen molar-refractivity contribution in [1.29, 1.82) is 0 Å². The highest BCUT2D eigenvalue weighted by Gasteiger charge is 2.38. The quantitative estimate of drug-likeness (QED) is 0.266. The van der Waals surface area contributed by atoms with Crippen LogP contribution in [0, 0.1) is 0 Å². The highest BCUT2D eigenvalue weighted by Crippen LogP contribution is 2.33. The number of aliphatic imine (C=N–C) groups is 1. The second-order valence-corrected chi connectivity index (χ2v) is 8.89. The number of halogens is 1. The number of carbonyl (C=O) groups is 1. The molecule has 0 bridgehead atoms. The lowest BCUT2D eigenvalue weighted by Crippen LogP contribution is -2.60. The summed E-state index contributed by atoms with van der Waals surface area (Å²) in [6.45, 7) is 5.24. The van der Waals surface area contributed by atoms with E-state index in [2.05, 4.69) is 25.8 Å². The molecule has 8 heteroatoms. The highest BCUT2D eigenvalue weighted by atomic mass is 127. The molecule has 1 amide bonds. The first-order valence-electron chi connectivity index (χ1n) is 11.8. The van der Waals surface area contributed by atoms with Crippen LogP contribution < -0.4 is 16.0 Å². The third-order valence-corrected chi connectivity index (χ3v) is 6.89. The number of carbonyl (C=O) groups excluding carboxylic acids is 1. The van der Waals surface area contributed by atoms with Gasteiger partial charge in [-0.05, 0) is 25.7 Å². The second-order valence-electron chi connectivity index (χ2n) is 8.89. The highest BCUT2D eigenvalue weighted by molar-refractivity contribution is 14.0. The number of hydrogen-bond acceptors (Lipinski definition) is 4. The number of guanidine groups is 1. The molecule has 0 atom stereocenters. The van der Waals surface area contributed by atoms with Crippen LogP contribution in [-0.4, -0.2) is 74.8 Å². The van der Waals surface area contributed by atoms with Gasteiger partial charge in [0, 0.05) is 51.2 Å². The predicted octanol–water partition coefficient (Wildman–Crippen LogP) is 2.64. The van der Waals surface area contributed by atoms with Crippen LogP contribution in [0.1, 0.15) is 70.6 Å². The van der Waals surface area contributed by atoms with Gasteiger partial charge < -0.3 is 20.7 Å². The van der Waals surface area contributed by atoms with Crippen LogP contribution in [0.5, 0.6) is 0 Å². The Bertz CT molecular complexity index is 528. The van der Waals surface area contributed by atoms with Crippen molar-refractivity contribution >= 4 is 35.8 Å². The largest absolute Gasteiger partial charge is 0.379 e. The minimum atomic E-state index is 0. The Hall–Kier alpha value is -0.610. The second kappa shape index (κ2) is 13.7.